The topological polar surface area (TPSA) is 32.8 Å². The number of fused-ring (bicyclic) bond motifs is 6. The van der Waals surface area contributed by atoms with Crippen LogP contribution in [0.15, 0.2) is 191 Å². The molecular weight excluding hydrogens is 757 g/mol. The van der Waals surface area contributed by atoms with Crippen LogP contribution >= 0.6 is 0 Å². The highest BCUT2D eigenvalue weighted by Crippen LogP contribution is 2.50. The van der Waals surface area contributed by atoms with Crippen molar-refractivity contribution in [1.29, 1.82) is 0 Å². The molecular formula is C58H44N2O2. The third-order valence-corrected chi connectivity index (χ3v) is 12.8. The summed E-state index contributed by atoms with van der Waals surface area (Å²) >= 11 is 0. The zero-order chi connectivity index (χ0) is 41.3. The van der Waals surface area contributed by atoms with Crippen LogP contribution in [0.25, 0.3) is 76.2 Å². The van der Waals surface area contributed by atoms with Crippen LogP contribution in [0.1, 0.15) is 37.8 Å². The first-order chi connectivity index (χ1) is 30.7. The number of hydrogen-bond acceptors (Lipinski definition) is 4. The summed E-state index contributed by atoms with van der Waals surface area (Å²) < 4.78 is 13.9. The van der Waals surface area contributed by atoms with E-state index in [1.165, 1.54) is 43.4 Å². The first-order valence-corrected chi connectivity index (χ1v) is 22.0. The number of aryl methyl sites for hydroxylation is 2. The van der Waals surface area contributed by atoms with Gasteiger partial charge in [0.2, 0.25) is 0 Å². The minimum atomic E-state index is 0.892. The van der Waals surface area contributed by atoms with E-state index in [1.54, 1.807) is 0 Å². The molecule has 0 N–H and O–H groups in total. The van der Waals surface area contributed by atoms with Gasteiger partial charge in [-0.3, -0.25) is 0 Å². The molecule has 0 saturated carbocycles. The van der Waals surface area contributed by atoms with Crippen molar-refractivity contribution in [3.63, 3.8) is 0 Å². The summed E-state index contributed by atoms with van der Waals surface area (Å²) in [5, 5.41) is 11.8. The SMILES string of the molecule is CCCc1cccc2c1oc1c(N(c3ccccc3)c3ccc4ccc5c(N(c6ccccc6)c6cccc7c6oc6c(CCC)cccc67)ccc6ccc3c4c65)cccc12. The highest BCUT2D eigenvalue weighted by atomic mass is 16.3. The van der Waals surface area contributed by atoms with Gasteiger partial charge in [-0.1, -0.05) is 160 Å². The minimum Gasteiger partial charge on any atom is -0.454 e. The quantitative estimate of drug-likeness (QED) is 0.129. The van der Waals surface area contributed by atoms with Crippen LogP contribution in [0.4, 0.5) is 34.1 Å². The molecule has 0 bridgehead atoms. The lowest BCUT2D eigenvalue weighted by Gasteiger charge is -2.29. The Labute approximate surface area is 360 Å². The van der Waals surface area contributed by atoms with Gasteiger partial charge in [-0.25, -0.2) is 0 Å². The number of para-hydroxylation sites is 6. The molecule has 0 unspecified atom stereocenters. The molecule has 0 amide bonds. The summed E-state index contributed by atoms with van der Waals surface area (Å²) in [6.45, 7) is 4.45. The highest BCUT2D eigenvalue weighted by molar-refractivity contribution is 6.28. The molecule has 12 aromatic rings. The van der Waals surface area contributed by atoms with Crippen LogP contribution in [0.5, 0.6) is 0 Å². The molecule has 12 rings (SSSR count). The van der Waals surface area contributed by atoms with Crippen LogP contribution in [0.3, 0.4) is 0 Å². The van der Waals surface area contributed by atoms with E-state index in [0.717, 1.165) is 104 Å². The van der Waals surface area contributed by atoms with E-state index >= 15 is 0 Å². The molecule has 0 aliphatic carbocycles. The smallest absolute Gasteiger partial charge is 0.159 e. The molecule has 0 aliphatic rings. The molecule has 0 aliphatic heterocycles. The van der Waals surface area contributed by atoms with Crippen molar-refractivity contribution < 1.29 is 8.83 Å². The fourth-order valence-corrected chi connectivity index (χ4v) is 10.1. The van der Waals surface area contributed by atoms with Crippen molar-refractivity contribution in [2.45, 2.75) is 39.5 Å². The monoisotopic (exact) mass is 800 g/mol. The van der Waals surface area contributed by atoms with Gasteiger partial charge in [0, 0.05) is 43.7 Å². The Balaban J connectivity index is 1.11. The van der Waals surface area contributed by atoms with Crippen molar-refractivity contribution in [3.8, 4) is 0 Å². The first-order valence-electron chi connectivity index (χ1n) is 22.0. The number of nitrogens with zero attached hydrogens (tertiary/aromatic N) is 2. The second-order valence-electron chi connectivity index (χ2n) is 16.5. The van der Waals surface area contributed by atoms with E-state index in [4.69, 9.17) is 8.83 Å². The van der Waals surface area contributed by atoms with E-state index < -0.39 is 0 Å². The van der Waals surface area contributed by atoms with Crippen LogP contribution in [-0.2, 0) is 12.8 Å². The molecule has 2 heterocycles. The largest absolute Gasteiger partial charge is 0.454 e. The van der Waals surface area contributed by atoms with E-state index in [1.807, 2.05) is 0 Å². The molecule has 62 heavy (non-hydrogen) atoms. The van der Waals surface area contributed by atoms with Crippen molar-refractivity contribution in [1.82, 2.24) is 0 Å². The summed E-state index contributed by atoms with van der Waals surface area (Å²) in [7, 11) is 0. The normalized spacial score (nSPS) is 12.0. The van der Waals surface area contributed by atoms with Crippen molar-refractivity contribution in [3.05, 3.63) is 193 Å². The second kappa shape index (κ2) is 14.6. The molecule has 0 radical (unpaired) electrons. The van der Waals surface area contributed by atoms with Crippen molar-refractivity contribution in [2.24, 2.45) is 0 Å². The lowest BCUT2D eigenvalue weighted by Crippen LogP contribution is -2.11. The van der Waals surface area contributed by atoms with Gasteiger partial charge in [0.15, 0.2) is 11.2 Å². The highest BCUT2D eigenvalue weighted by Gasteiger charge is 2.26. The first kappa shape index (κ1) is 36.3. The molecule has 0 atom stereocenters. The average molecular weight is 801 g/mol. The Morgan fingerprint density at radius 1 is 0.323 bits per heavy atom. The molecule has 10 aromatic carbocycles. The summed E-state index contributed by atoms with van der Waals surface area (Å²) in [6, 6.07) is 66.1. The summed E-state index contributed by atoms with van der Waals surface area (Å²) in [5.41, 5.74) is 12.6. The fraction of sp³-hybridized carbons (Fsp3) is 0.103. The maximum absolute atomic E-state index is 6.96. The summed E-state index contributed by atoms with van der Waals surface area (Å²) in [4.78, 5) is 4.78. The number of furan rings is 2. The van der Waals surface area contributed by atoms with Gasteiger partial charge in [-0.2, -0.15) is 0 Å². The van der Waals surface area contributed by atoms with E-state index in [-0.39, 0.29) is 0 Å². The van der Waals surface area contributed by atoms with Gasteiger partial charge in [0.25, 0.3) is 0 Å². The minimum absolute atomic E-state index is 0.892. The van der Waals surface area contributed by atoms with E-state index in [0.29, 0.717) is 0 Å². The standard InChI is InChI=1S/C58H44N2O2/c1-3-15-39-17-11-23-43-45-25-13-27-51(57(45)61-55(39)43)59(41-19-7-5-8-20-41)49-35-31-37-30-34-48-50(36-32-38-29-33-47(49)53(37)54(38)48)60(42-21-9-6-10-22-42)52-28-14-26-46-44-24-12-18-40(16-4-2)56(44)62-58(46)52/h5-14,17-36H,3-4,15-16H2,1-2H3. The van der Waals surface area contributed by atoms with E-state index in [2.05, 4.69) is 206 Å². The maximum Gasteiger partial charge on any atom is 0.159 e. The molecule has 298 valence electrons. The number of anilines is 6. The van der Waals surface area contributed by atoms with Crippen LogP contribution in [-0.4, -0.2) is 0 Å². The number of benzene rings is 10. The van der Waals surface area contributed by atoms with Gasteiger partial charge in [0.05, 0.1) is 22.7 Å². The molecule has 0 spiro atoms. The van der Waals surface area contributed by atoms with Gasteiger partial charge in [-0.15, -0.1) is 0 Å². The summed E-state index contributed by atoms with van der Waals surface area (Å²) in [6.07, 6.45) is 4.06. The van der Waals surface area contributed by atoms with Gasteiger partial charge < -0.3 is 18.6 Å². The zero-order valence-corrected chi connectivity index (χ0v) is 34.9. The second-order valence-corrected chi connectivity index (χ2v) is 16.5. The molecule has 2 aromatic heterocycles. The Morgan fingerprint density at radius 3 is 1.13 bits per heavy atom. The maximum atomic E-state index is 6.96. The van der Waals surface area contributed by atoms with Gasteiger partial charge in [-0.05, 0) is 94.0 Å². The Morgan fingerprint density at radius 2 is 0.710 bits per heavy atom. The predicted molar refractivity (Wildman–Crippen MR) is 262 cm³/mol. The van der Waals surface area contributed by atoms with Crippen molar-refractivity contribution in [2.75, 3.05) is 9.80 Å². The van der Waals surface area contributed by atoms with Crippen LogP contribution in [0, 0.1) is 0 Å². The average Bonchev–Trinajstić information content (AvgIpc) is 3.91. The molecule has 4 heteroatoms. The fourth-order valence-electron chi connectivity index (χ4n) is 10.1. The Hall–Kier alpha value is -7.56. The molecule has 0 fully saturated rings. The van der Waals surface area contributed by atoms with E-state index in [9.17, 15) is 0 Å². The summed E-state index contributed by atoms with van der Waals surface area (Å²) in [5.74, 6) is 0. The third kappa shape index (κ3) is 5.53. The molecule has 0 saturated heterocycles. The third-order valence-electron chi connectivity index (χ3n) is 12.8. The lowest BCUT2D eigenvalue weighted by atomic mass is 9.91. The van der Waals surface area contributed by atoms with Crippen molar-refractivity contribution >= 4 is 110 Å². The number of hydrogen-bond donors (Lipinski definition) is 0. The van der Waals surface area contributed by atoms with Gasteiger partial charge in [0.1, 0.15) is 11.2 Å². The molecule has 4 nitrogen and oxygen atoms in total. The van der Waals surface area contributed by atoms with Gasteiger partial charge >= 0.3 is 0 Å². The Kier molecular flexibility index (Phi) is 8.53. The number of rotatable bonds is 10. The lowest BCUT2D eigenvalue weighted by molar-refractivity contribution is 0.661. The zero-order valence-electron chi connectivity index (χ0n) is 34.9. The predicted octanol–water partition coefficient (Wildman–Crippen LogP) is 17.2. The Bertz CT molecular complexity index is 3380. The van der Waals surface area contributed by atoms with Crippen LogP contribution < -0.4 is 9.80 Å². The van der Waals surface area contributed by atoms with Crippen LogP contribution in [0.2, 0.25) is 0 Å².